The number of carbonyl (C=O) groups excluding carboxylic acids is 2. The summed E-state index contributed by atoms with van der Waals surface area (Å²) in [4.78, 5) is 21.0. The lowest BCUT2D eigenvalue weighted by atomic mass is 10.2. The van der Waals surface area contributed by atoms with Gasteiger partial charge in [-0.25, -0.2) is 0 Å². The molecule has 0 radical (unpaired) electrons. The number of ether oxygens (including phenoxy) is 1. The summed E-state index contributed by atoms with van der Waals surface area (Å²) in [5, 5.41) is 10.9. The van der Waals surface area contributed by atoms with Gasteiger partial charge in [0.15, 0.2) is 11.9 Å². The SMILES string of the molecule is CC(OCCNCCC1(C)N=N1)C(=O)C=O. The molecule has 0 fully saturated rings. The van der Waals surface area contributed by atoms with E-state index in [1.54, 1.807) is 6.92 Å². The molecule has 1 unspecified atom stereocenters. The molecule has 1 rings (SSSR count). The van der Waals surface area contributed by atoms with E-state index in [9.17, 15) is 9.59 Å². The van der Waals surface area contributed by atoms with Gasteiger partial charge in [-0.05, 0) is 20.4 Å². The van der Waals surface area contributed by atoms with Crippen molar-refractivity contribution in [1.82, 2.24) is 5.32 Å². The first-order valence-corrected chi connectivity index (χ1v) is 5.33. The van der Waals surface area contributed by atoms with Gasteiger partial charge in [0.2, 0.25) is 5.78 Å². The Bertz CT molecular complexity index is 285. The molecule has 0 bridgehead atoms. The monoisotopic (exact) mass is 227 g/mol. The van der Waals surface area contributed by atoms with E-state index < -0.39 is 11.9 Å². The summed E-state index contributed by atoms with van der Waals surface area (Å²) >= 11 is 0. The van der Waals surface area contributed by atoms with E-state index in [1.807, 2.05) is 6.92 Å². The van der Waals surface area contributed by atoms with Gasteiger partial charge in [0.05, 0.1) is 6.61 Å². The van der Waals surface area contributed by atoms with Crippen molar-refractivity contribution < 1.29 is 14.3 Å². The number of carbonyl (C=O) groups is 2. The van der Waals surface area contributed by atoms with Crippen LogP contribution in [0.3, 0.4) is 0 Å². The van der Waals surface area contributed by atoms with Crippen molar-refractivity contribution in [2.75, 3.05) is 19.7 Å². The minimum absolute atomic E-state index is 0.172. The first-order valence-electron chi connectivity index (χ1n) is 5.33. The van der Waals surface area contributed by atoms with Crippen LogP contribution in [0.25, 0.3) is 0 Å². The molecular formula is C10H17N3O3. The van der Waals surface area contributed by atoms with Crippen molar-refractivity contribution in [3.8, 4) is 0 Å². The summed E-state index contributed by atoms with van der Waals surface area (Å²) in [7, 11) is 0. The largest absolute Gasteiger partial charge is 0.369 e. The van der Waals surface area contributed by atoms with Gasteiger partial charge >= 0.3 is 0 Å². The summed E-state index contributed by atoms with van der Waals surface area (Å²) in [6.07, 6.45) is 0.510. The molecule has 0 amide bonds. The third kappa shape index (κ3) is 4.59. The Morgan fingerprint density at radius 3 is 2.75 bits per heavy atom. The van der Waals surface area contributed by atoms with Crippen LogP contribution in [0, 0.1) is 0 Å². The number of hydrogen-bond donors (Lipinski definition) is 1. The molecule has 0 aromatic rings. The quantitative estimate of drug-likeness (QED) is 0.349. The highest BCUT2D eigenvalue weighted by molar-refractivity contribution is 6.26. The Hall–Kier alpha value is -1.14. The molecule has 6 nitrogen and oxygen atoms in total. The zero-order valence-corrected chi connectivity index (χ0v) is 9.60. The van der Waals surface area contributed by atoms with Crippen LogP contribution in [0.4, 0.5) is 0 Å². The molecule has 1 N–H and O–H groups in total. The van der Waals surface area contributed by atoms with Crippen molar-refractivity contribution in [1.29, 1.82) is 0 Å². The molecule has 0 saturated heterocycles. The van der Waals surface area contributed by atoms with Crippen molar-refractivity contribution >= 4 is 12.1 Å². The first kappa shape index (κ1) is 12.9. The van der Waals surface area contributed by atoms with Crippen LogP contribution >= 0.6 is 0 Å². The predicted octanol–water partition coefficient (Wildman–Crippen LogP) is 0.321. The van der Waals surface area contributed by atoms with E-state index in [0.717, 1.165) is 13.0 Å². The van der Waals surface area contributed by atoms with E-state index in [1.165, 1.54) is 0 Å². The Labute approximate surface area is 94.5 Å². The van der Waals surface area contributed by atoms with Crippen LogP contribution in [0.1, 0.15) is 20.3 Å². The lowest BCUT2D eigenvalue weighted by molar-refractivity contribution is -0.137. The van der Waals surface area contributed by atoms with Gasteiger partial charge in [-0.1, -0.05) is 0 Å². The minimum atomic E-state index is -0.648. The smallest absolute Gasteiger partial charge is 0.223 e. The van der Waals surface area contributed by atoms with E-state index in [0.29, 0.717) is 13.2 Å². The summed E-state index contributed by atoms with van der Waals surface area (Å²) in [5.74, 6) is -0.525. The van der Waals surface area contributed by atoms with Crippen molar-refractivity contribution in [3.63, 3.8) is 0 Å². The number of hydrogen-bond acceptors (Lipinski definition) is 6. The standard InChI is InChI=1S/C10H17N3O3/c1-8(9(15)7-14)16-6-5-11-4-3-10(2)12-13-10/h7-8,11H,3-6H2,1-2H3. The number of aldehydes is 1. The Balaban J connectivity index is 1.91. The second-order valence-electron chi connectivity index (χ2n) is 3.95. The highest BCUT2D eigenvalue weighted by atomic mass is 16.5. The van der Waals surface area contributed by atoms with E-state index in [4.69, 9.17) is 4.74 Å². The molecule has 6 heteroatoms. The molecule has 0 saturated carbocycles. The van der Waals surface area contributed by atoms with E-state index >= 15 is 0 Å². The molecule has 0 aromatic carbocycles. The van der Waals surface area contributed by atoms with Gasteiger partial charge in [-0.2, -0.15) is 10.2 Å². The first-order chi connectivity index (χ1) is 7.57. The van der Waals surface area contributed by atoms with Crippen LogP contribution < -0.4 is 5.32 Å². The normalized spacial score (nSPS) is 18.1. The fraction of sp³-hybridized carbons (Fsp3) is 0.800. The molecular weight excluding hydrogens is 210 g/mol. The van der Waals surface area contributed by atoms with Crippen LogP contribution in [0.2, 0.25) is 0 Å². The third-order valence-electron chi connectivity index (χ3n) is 2.38. The van der Waals surface area contributed by atoms with Gasteiger partial charge in [-0.15, -0.1) is 0 Å². The summed E-state index contributed by atoms with van der Waals surface area (Å²) < 4.78 is 5.15. The van der Waals surface area contributed by atoms with Crippen LogP contribution in [0.5, 0.6) is 0 Å². The highest BCUT2D eigenvalue weighted by Gasteiger charge is 2.32. The molecule has 0 aromatic heterocycles. The maximum absolute atomic E-state index is 10.8. The molecule has 1 atom stereocenters. The third-order valence-corrected chi connectivity index (χ3v) is 2.38. The fourth-order valence-corrected chi connectivity index (χ4v) is 1.12. The van der Waals surface area contributed by atoms with Crippen LogP contribution in [-0.4, -0.2) is 43.5 Å². The number of ketones is 1. The number of rotatable bonds is 9. The van der Waals surface area contributed by atoms with Gasteiger partial charge in [0, 0.05) is 13.0 Å². The Morgan fingerprint density at radius 2 is 2.19 bits per heavy atom. The average Bonchev–Trinajstić information content (AvgIpc) is 3.00. The maximum atomic E-state index is 10.8. The zero-order valence-electron chi connectivity index (χ0n) is 9.60. The second kappa shape index (κ2) is 5.81. The lowest BCUT2D eigenvalue weighted by Crippen LogP contribution is -2.28. The lowest BCUT2D eigenvalue weighted by Gasteiger charge is -2.10. The van der Waals surface area contributed by atoms with Gasteiger partial charge in [0.25, 0.3) is 0 Å². The highest BCUT2D eigenvalue weighted by Crippen LogP contribution is 2.29. The molecule has 1 aliphatic rings. The Morgan fingerprint density at radius 1 is 1.50 bits per heavy atom. The molecule has 0 aliphatic carbocycles. The van der Waals surface area contributed by atoms with Crippen molar-refractivity contribution in [2.45, 2.75) is 32.0 Å². The summed E-state index contributed by atoms with van der Waals surface area (Å²) in [6, 6.07) is 0. The average molecular weight is 227 g/mol. The van der Waals surface area contributed by atoms with Crippen LogP contribution in [-0.2, 0) is 14.3 Å². The zero-order chi connectivity index (χ0) is 12.0. The minimum Gasteiger partial charge on any atom is -0.369 e. The van der Waals surface area contributed by atoms with E-state index in [-0.39, 0.29) is 11.9 Å². The van der Waals surface area contributed by atoms with Gasteiger partial charge < -0.3 is 10.1 Å². The van der Waals surface area contributed by atoms with Crippen molar-refractivity contribution in [3.05, 3.63) is 0 Å². The number of Topliss-reactive ketones (excluding diaryl/α,β-unsaturated/α-hetero) is 1. The Kier molecular flexibility index (Phi) is 4.70. The molecule has 1 heterocycles. The van der Waals surface area contributed by atoms with Crippen molar-refractivity contribution in [2.24, 2.45) is 10.2 Å². The van der Waals surface area contributed by atoms with Gasteiger partial charge in [0.1, 0.15) is 6.10 Å². The molecule has 90 valence electrons. The predicted molar refractivity (Wildman–Crippen MR) is 57.2 cm³/mol. The number of nitrogens with zero attached hydrogens (tertiary/aromatic N) is 2. The maximum Gasteiger partial charge on any atom is 0.223 e. The topological polar surface area (TPSA) is 80.1 Å². The van der Waals surface area contributed by atoms with E-state index in [2.05, 4.69) is 15.5 Å². The van der Waals surface area contributed by atoms with Gasteiger partial charge in [-0.3, -0.25) is 9.59 Å². The summed E-state index contributed by atoms with van der Waals surface area (Å²) in [6.45, 7) is 5.40. The molecule has 0 spiro atoms. The number of nitrogens with one attached hydrogen (secondary N) is 1. The summed E-state index contributed by atoms with van der Waals surface area (Å²) in [5.41, 5.74) is -0.172. The molecule has 1 aliphatic heterocycles. The second-order valence-corrected chi connectivity index (χ2v) is 3.95. The molecule has 16 heavy (non-hydrogen) atoms. The van der Waals surface area contributed by atoms with Crippen LogP contribution in [0.15, 0.2) is 10.2 Å². The fourth-order valence-electron chi connectivity index (χ4n) is 1.12.